The highest BCUT2D eigenvalue weighted by molar-refractivity contribution is 5.94. The van der Waals surface area contributed by atoms with Crippen LogP contribution in [0.1, 0.15) is 29.9 Å². The van der Waals surface area contributed by atoms with Crippen molar-refractivity contribution in [3.63, 3.8) is 0 Å². The summed E-state index contributed by atoms with van der Waals surface area (Å²) in [6.07, 6.45) is 0. The lowest BCUT2D eigenvalue weighted by atomic mass is 10.1. The highest BCUT2D eigenvalue weighted by Crippen LogP contribution is 2.22. The summed E-state index contributed by atoms with van der Waals surface area (Å²) in [7, 11) is 0. The Kier molecular flexibility index (Phi) is 5.26. The van der Waals surface area contributed by atoms with Gasteiger partial charge in [-0.1, -0.05) is 0 Å². The van der Waals surface area contributed by atoms with Crippen molar-refractivity contribution < 1.29 is 9.72 Å². The number of nitro groups is 1. The van der Waals surface area contributed by atoms with Gasteiger partial charge in [0.05, 0.1) is 10.6 Å². The number of hydrogen-bond donors (Lipinski definition) is 1. The zero-order valence-electron chi connectivity index (χ0n) is 16.4. The molecular weight excluding hydrogens is 376 g/mol. The summed E-state index contributed by atoms with van der Waals surface area (Å²) < 4.78 is 2.68. The SMILES string of the molecule is Cc1cc(C)n(-c2ccc(=O)n(C(C)C(=O)Nc3ccc([N+](=O)[O-])cc3C)n2)n1. The Balaban J connectivity index is 1.88. The van der Waals surface area contributed by atoms with Gasteiger partial charge in [-0.15, -0.1) is 5.10 Å². The molecule has 29 heavy (non-hydrogen) atoms. The van der Waals surface area contributed by atoms with Crippen LogP contribution in [0.3, 0.4) is 0 Å². The van der Waals surface area contributed by atoms with E-state index in [1.165, 1.54) is 24.3 Å². The molecule has 0 saturated heterocycles. The number of non-ortho nitro benzene ring substituents is 1. The Morgan fingerprint density at radius 1 is 1.14 bits per heavy atom. The molecule has 2 heterocycles. The predicted molar refractivity (Wildman–Crippen MR) is 106 cm³/mol. The smallest absolute Gasteiger partial charge is 0.269 e. The molecule has 0 aliphatic carbocycles. The third kappa shape index (κ3) is 4.05. The van der Waals surface area contributed by atoms with Crippen molar-refractivity contribution in [2.24, 2.45) is 0 Å². The van der Waals surface area contributed by atoms with Crippen LogP contribution in [-0.4, -0.2) is 30.4 Å². The van der Waals surface area contributed by atoms with E-state index in [0.29, 0.717) is 17.1 Å². The van der Waals surface area contributed by atoms with E-state index in [2.05, 4.69) is 15.5 Å². The van der Waals surface area contributed by atoms with Gasteiger partial charge >= 0.3 is 0 Å². The van der Waals surface area contributed by atoms with E-state index in [9.17, 15) is 19.7 Å². The largest absolute Gasteiger partial charge is 0.324 e. The number of anilines is 1. The molecule has 1 atom stereocenters. The van der Waals surface area contributed by atoms with Gasteiger partial charge < -0.3 is 5.32 Å². The minimum absolute atomic E-state index is 0.0657. The zero-order valence-corrected chi connectivity index (χ0v) is 16.4. The summed E-state index contributed by atoms with van der Waals surface area (Å²) in [5.41, 5.74) is 2.12. The molecule has 0 aliphatic heterocycles. The maximum Gasteiger partial charge on any atom is 0.269 e. The standard InChI is InChI=1S/C19H20N6O4/c1-11-9-15(25(28)29)5-6-16(11)20-19(27)14(4)24-18(26)8-7-17(22-24)23-13(3)10-12(2)21-23/h5-10,14H,1-4H3,(H,20,27). The van der Waals surface area contributed by atoms with E-state index in [0.717, 1.165) is 16.1 Å². The number of carbonyl (C=O) groups is 1. The lowest BCUT2D eigenvalue weighted by Gasteiger charge is -2.16. The van der Waals surface area contributed by atoms with Crippen molar-refractivity contribution in [2.75, 3.05) is 5.32 Å². The second kappa shape index (κ2) is 7.66. The number of amides is 1. The minimum atomic E-state index is -0.908. The number of nitro benzene ring substituents is 1. The normalized spacial score (nSPS) is 11.9. The average Bonchev–Trinajstić information content (AvgIpc) is 3.01. The Bertz CT molecular complexity index is 1160. The van der Waals surface area contributed by atoms with Crippen LogP contribution in [0, 0.1) is 30.9 Å². The Hall–Kier alpha value is -3.82. The fourth-order valence-electron chi connectivity index (χ4n) is 2.92. The van der Waals surface area contributed by atoms with Crippen LogP contribution in [0.2, 0.25) is 0 Å². The number of aromatic nitrogens is 4. The molecule has 0 saturated carbocycles. The topological polar surface area (TPSA) is 125 Å². The summed E-state index contributed by atoms with van der Waals surface area (Å²) in [5.74, 6) is -0.0524. The molecule has 10 heteroatoms. The predicted octanol–water partition coefficient (Wildman–Crippen LogP) is 2.46. The second-order valence-electron chi connectivity index (χ2n) is 6.73. The number of hydrogen-bond acceptors (Lipinski definition) is 6. The number of carbonyl (C=O) groups excluding carboxylic acids is 1. The van der Waals surface area contributed by atoms with Crippen LogP contribution in [-0.2, 0) is 4.79 Å². The van der Waals surface area contributed by atoms with E-state index in [1.807, 2.05) is 19.9 Å². The van der Waals surface area contributed by atoms with Crippen LogP contribution in [0.4, 0.5) is 11.4 Å². The first kappa shape index (κ1) is 19.9. The van der Waals surface area contributed by atoms with Crippen LogP contribution in [0.25, 0.3) is 5.82 Å². The Morgan fingerprint density at radius 2 is 1.86 bits per heavy atom. The van der Waals surface area contributed by atoms with Gasteiger partial charge in [-0.05, 0) is 51.5 Å². The van der Waals surface area contributed by atoms with Crippen molar-refractivity contribution in [1.82, 2.24) is 19.6 Å². The summed E-state index contributed by atoms with van der Waals surface area (Å²) in [4.78, 5) is 35.3. The van der Waals surface area contributed by atoms with E-state index in [4.69, 9.17) is 0 Å². The summed E-state index contributed by atoms with van der Waals surface area (Å²) in [5, 5.41) is 22.2. The number of benzene rings is 1. The molecule has 0 spiro atoms. The molecule has 1 amide bonds. The third-order valence-electron chi connectivity index (χ3n) is 4.46. The van der Waals surface area contributed by atoms with E-state index < -0.39 is 22.4 Å². The fourth-order valence-corrected chi connectivity index (χ4v) is 2.92. The molecule has 0 aliphatic rings. The Labute approximate surface area is 165 Å². The monoisotopic (exact) mass is 396 g/mol. The highest BCUT2D eigenvalue weighted by atomic mass is 16.6. The van der Waals surface area contributed by atoms with Gasteiger partial charge in [-0.25, -0.2) is 9.36 Å². The van der Waals surface area contributed by atoms with Crippen molar-refractivity contribution in [3.05, 3.63) is 73.8 Å². The van der Waals surface area contributed by atoms with Gasteiger partial charge in [-0.2, -0.15) is 5.10 Å². The second-order valence-corrected chi connectivity index (χ2v) is 6.73. The molecule has 2 aromatic heterocycles. The molecule has 10 nitrogen and oxygen atoms in total. The lowest BCUT2D eigenvalue weighted by molar-refractivity contribution is -0.384. The molecule has 0 radical (unpaired) electrons. The summed E-state index contributed by atoms with van der Waals surface area (Å²) >= 11 is 0. The first-order chi connectivity index (χ1) is 13.7. The van der Waals surface area contributed by atoms with E-state index >= 15 is 0 Å². The first-order valence-corrected chi connectivity index (χ1v) is 8.87. The molecule has 0 bridgehead atoms. The highest BCUT2D eigenvalue weighted by Gasteiger charge is 2.20. The molecule has 150 valence electrons. The maximum atomic E-state index is 12.7. The molecule has 3 aromatic rings. The van der Waals surface area contributed by atoms with Gasteiger partial charge in [0, 0.05) is 29.6 Å². The van der Waals surface area contributed by atoms with Crippen molar-refractivity contribution in [1.29, 1.82) is 0 Å². The van der Waals surface area contributed by atoms with Crippen molar-refractivity contribution in [3.8, 4) is 5.82 Å². The Morgan fingerprint density at radius 3 is 2.45 bits per heavy atom. The van der Waals surface area contributed by atoms with Crippen LogP contribution in [0.15, 0.2) is 41.2 Å². The summed E-state index contributed by atoms with van der Waals surface area (Å²) in [6.45, 7) is 6.92. The van der Waals surface area contributed by atoms with Crippen LogP contribution in [0.5, 0.6) is 0 Å². The maximum absolute atomic E-state index is 12.7. The third-order valence-corrected chi connectivity index (χ3v) is 4.46. The molecule has 3 rings (SSSR count). The first-order valence-electron chi connectivity index (χ1n) is 8.87. The van der Waals surface area contributed by atoms with E-state index in [1.54, 1.807) is 24.6 Å². The van der Waals surface area contributed by atoms with E-state index in [-0.39, 0.29) is 5.69 Å². The van der Waals surface area contributed by atoms with Gasteiger partial charge in [0.1, 0.15) is 6.04 Å². The lowest BCUT2D eigenvalue weighted by Crippen LogP contribution is -2.34. The average molecular weight is 396 g/mol. The number of rotatable bonds is 5. The number of nitrogens with zero attached hydrogens (tertiary/aromatic N) is 5. The zero-order chi connectivity index (χ0) is 21.3. The molecular formula is C19H20N6O4. The van der Waals surface area contributed by atoms with Gasteiger partial charge in [-0.3, -0.25) is 19.7 Å². The summed E-state index contributed by atoms with van der Waals surface area (Å²) in [6, 6.07) is 7.98. The number of nitrogens with one attached hydrogen (secondary N) is 1. The van der Waals surface area contributed by atoms with Gasteiger partial charge in [0.2, 0.25) is 5.91 Å². The van der Waals surface area contributed by atoms with Crippen molar-refractivity contribution in [2.45, 2.75) is 33.7 Å². The molecule has 1 N–H and O–H groups in total. The minimum Gasteiger partial charge on any atom is -0.324 e. The quantitative estimate of drug-likeness (QED) is 0.522. The van der Waals surface area contributed by atoms with Crippen molar-refractivity contribution >= 4 is 17.3 Å². The molecule has 1 unspecified atom stereocenters. The molecule has 0 fully saturated rings. The van der Waals surface area contributed by atoms with Crippen LogP contribution < -0.4 is 10.9 Å². The van der Waals surface area contributed by atoms with Gasteiger partial charge in [0.15, 0.2) is 5.82 Å². The van der Waals surface area contributed by atoms with Crippen LogP contribution >= 0.6 is 0 Å². The van der Waals surface area contributed by atoms with Gasteiger partial charge in [0.25, 0.3) is 11.2 Å². The fraction of sp³-hybridized carbons (Fsp3) is 0.263. The molecule has 1 aromatic carbocycles. The number of aryl methyl sites for hydroxylation is 3.